The van der Waals surface area contributed by atoms with Crippen LogP contribution in [-0.4, -0.2) is 26.2 Å². The van der Waals surface area contributed by atoms with Gasteiger partial charge < -0.3 is 10.2 Å². The fraction of sp³-hybridized carbons (Fsp3) is 0.571. The third-order valence-electron chi connectivity index (χ3n) is 3.98. The molecule has 3 rings (SSSR count). The van der Waals surface area contributed by atoms with E-state index in [1.807, 2.05) is 4.90 Å². The van der Waals surface area contributed by atoms with Gasteiger partial charge in [0.2, 0.25) is 0 Å². The molecule has 0 amide bonds. The van der Waals surface area contributed by atoms with Gasteiger partial charge in [0.1, 0.15) is 0 Å². The molecule has 5 heteroatoms. The molecule has 0 aliphatic carbocycles. The van der Waals surface area contributed by atoms with Crippen molar-refractivity contribution in [3.63, 3.8) is 0 Å². The Bertz CT molecular complexity index is 478. The van der Waals surface area contributed by atoms with Gasteiger partial charge in [-0.1, -0.05) is 6.07 Å². The largest absolute Gasteiger partial charge is 0.418 e. The number of nitrogens with zero attached hydrogens (tertiary/aromatic N) is 1. The Morgan fingerprint density at radius 2 is 1.79 bits per heavy atom. The average Bonchev–Trinajstić information content (AvgIpc) is 2.50. The lowest BCUT2D eigenvalue weighted by molar-refractivity contribution is -0.137. The van der Waals surface area contributed by atoms with E-state index >= 15 is 0 Å². The zero-order chi connectivity index (χ0) is 13.5. The first-order valence-corrected chi connectivity index (χ1v) is 6.75. The van der Waals surface area contributed by atoms with E-state index in [2.05, 4.69) is 5.32 Å². The van der Waals surface area contributed by atoms with Crippen LogP contribution in [0.2, 0.25) is 0 Å². The van der Waals surface area contributed by atoms with E-state index in [9.17, 15) is 13.2 Å². The van der Waals surface area contributed by atoms with Crippen LogP contribution in [0, 0.1) is 0 Å². The number of fused-ring (bicyclic) bond motifs is 1. The molecule has 1 aromatic rings. The van der Waals surface area contributed by atoms with Gasteiger partial charge in [-0.3, -0.25) is 0 Å². The molecule has 1 aromatic carbocycles. The predicted molar refractivity (Wildman–Crippen MR) is 68.6 cm³/mol. The van der Waals surface area contributed by atoms with E-state index in [0.29, 0.717) is 12.1 Å². The number of hydrogen-bond donors (Lipinski definition) is 1. The Kier molecular flexibility index (Phi) is 3.17. The highest BCUT2D eigenvalue weighted by Gasteiger charge is 2.37. The first-order chi connectivity index (χ1) is 9.07. The molecular weight excluding hydrogens is 253 g/mol. The summed E-state index contributed by atoms with van der Waals surface area (Å²) in [6, 6.07) is 2.92. The second-order valence-electron chi connectivity index (χ2n) is 5.19. The summed E-state index contributed by atoms with van der Waals surface area (Å²) in [5.41, 5.74) is 1.95. The molecule has 0 atom stereocenters. The number of rotatable bonds is 1. The molecule has 2 aliphatic heterocycles. The van der Waals surface area contributed by atoms with Crippen LogP contribution in [0.3, 0.4) is 0 Å². The van der Waals surface area contributed by atoms with Crippen molar-refractivity contribution >= 4 is 5.69 Å². The van der Waals surface area contributed by atoms with Crippen molar-refractivity contribution in [2.45, 2.75) is 25.4 Å². The second-order valence-corrected chi connectivity index (χ2v) is 5.19. The minimum Gasteiger partial charge on any atom is -0.371 e. The predicted octanol–water partition coefficient (Wildman–Crippen LogP) is 2.60. The van der Waals surface area contributed by atoms with Gasteiger partial charge in [0.25, 0.3) is 0 Å². The maximum atomic E-state index is 13.2. The van der Waals surface area contributed by atoms with Gasteiger partial charge in [-0.15, -0.1) is 0 Å². The Labute approximate surface area is 110 Å². The van der Waals surface area contributed by atoms with E-state index in [-0.39, 0.29) is 0 Å². The summed E-state index contributed by atoms with van der Waals surface area (Å²) in [6.45, 7) is 3.09. The van der Waals surface area contributed by atoms with Crippen LogP contribution in [-0.2, 0) is 19.0 Å². The smallest absolute Gasteiger partial charge is 0.371 e. The van der Waals surface area contributed by atoms with E-state index in [0.717, 1.165) is 50.1 Å². The van der Waals surface area contributed by atoms with E-state index < -0.39 is 11.7 Å². The maximum Gasteiger partial charge on any atom is 0.418 e. The normalized spacial score (nSPS) is 19.6. The average molecular weight is 270 g/mol. The lowest BCUT2D eigenvalue weighted by atomic mass is 9.94. The third-order valence-corrected chi connectivity index (χ3v) is 3.98. The van der Waals surface area contributed by atoms with Gasteiger partial charge >= 0.3 is 6.18 Å². The minimum atomic E-state index is -4.26. The van der Waals surface area contributed by atoms with Crippen molar-refractivity contribution in [3.8, 4) is 0 Å². The molecule has 104 valence electrons. The lowest BCUT2D eigenvalue weighted by Gasteiger charge is -2.37. The summed E-state index contributed by atoms with van der Waals surface area (Å²) in [5, 5.41) is 3.25. The van der Waals surface area contributed by atoms with Crippen LogP contribution in [0.1, 0.15) is 23.1 Å². The molecule has 19 heavy (non-hydrogen) atoms. The first kappa shape index (κ1) is 12.8. The highest BCUT2D eigenvalue weighted by atomic mass is 19.4. The van der Waals surface area contributed by atoms with Crippen molar-refractivity contribution in [1.29, 1.82) is 0 Å². The van der Waals surface area contributed by atoms with Crippen LogP contribution in [0.15, 0.2) is 12.1 Å². The molecule has 1 N–H and O–H groups in total. The SMILES string of the molecule is FC(F)(F)c1ccc2c(c1N1CCC1)CCNCC2. The fourth-order valence-electron chi connectivity index (χ4n) is 2.88. The van der Waals surface area contributed by atoms with Crippen LogP contribution in [0.5, 0.6) is 0 Å². The molecule has 0 bridgehead atoms. The topological polar surface area (TPSA) is 15.3 Å². The highest BCUT2D eigenvalue weighted by molar-refractivity contribution is 5.65. The molecular formula is C14H17F3N2. The molecule has 0 unspecified atom stereocenters. The number of anilines is 1. The number of alkyl halides is 3. The zero-order valence-electron chi connectivity index (χ0n) is 10.7. The van der Waals surface area contributed by atoms with E-state index in [1.165, 1.54) is 6.07 Å². The molecule has 1 fully saturated rings. The van der Waals surface area contributed by atoms with Gasteiger partial charge in [0.05, 0.1) is 11.3 Å². The van der Waals surface area contributed by atoms with Gasteiger partial charge in [-0.05, 0) is 49.5 Å². The number of benzene rings is 1. The zero-order valence-corrected chi connectivity index (χ0v) is 10.7. The van der Waals surface area contributed by atoms with Gasteiger partial charge in [-0.2, -0.15) is 13.2 Å². The van der Waals surface area contributed by atoms with Crippen LogP contribution in [0.25, 0.3) is 0 Å². The van der Waals surface area contributed by atoms with Gasteiger partial charge in [-0.25, -0.2) is 0 Å². The van der Waals surface area contributed by atoms with Gasteiger partial charge in [0, 0.05) is 13.1 Å². The summed E-state index contributed by atoms with van der Waals surface area (Å²) < 4.78 is 39.6. The van der Waals surface area contributed by atoms with Crippen molar-refractivity contribution in [2.24, 2.45) is 0 Å². The van der Waals surface area contributed by atoms with Crippen LogP contribution in [0.4, 0.5) is 18.9 Å². The molecule has 0 aromatic heterocycles. The summed E-state index contributed by atoms with van der Waals surface area (Å²) in [4.78, 5) is 1.88. The highest BCUT2D eigenvalue weighted by Crippen LogP contribution is 2.41. The summed E-state index contributed by atoms with van der Waals surface area (Å²) >= 11 is 0. The van der Waals surface area contributed by atoms with E-state index in [4.69, 9.17) is 0 Å². The Balaban J connectivity index is 2.13. The second kappa shape index (κ2) is 4.71. The molecule has 1 saturated heterocycles. The summed E-state index contributed by atoms with van der Waals surface area (Å²) in [5.74, 6) is 0. The van der Waals surface area contributed by atoms with Crippen LogP contribution < -0.4 is 10.2 Å². The van der Waals surface area contributed by atoms with Crippen molar-refractivity contribution in [2.75, 3.05) is 31.1 Å². The molecule has 2 aliphatic rings. The molecule has 2 heterocycles. The molecule has 0 radical (unpaired) electrons. The van der Waals surface area contributed by atoms with Gasteiger partial charge in [0.15, 0.2) is 0 Å². The Morgan fingerprint density at radius 3 is 2.42 bits per heavy atom. The Hall–Kier alpha value is -1.23. The minimum absolute atomic E-state index is 0.444. The summed E-state index contributed by atoms with van der Waals surface area (Å²) in [6.07, 6.45) is -1.78. The van der Waals surface area contributed by atoms with Crippen molar-refractivity contribution in [1.82, 2.24) is 5.32 Å². The Morgan fingerprint density at radius 1 is 1.05 bits per heavy atom. The quantitative estimate of drug-likeness (QED) is 0.844. The molecule has 0 saturated carbocycles. The summed E-state index contributed by atoms with van der Waals surface area (Å²) in [7, 11) is 0. The maximum absolute atomic E-state index is 13.2. The molecule has 2 nitrogen and oxygen atoms in total. The fourth-order valence-corrected chi connectivity index (χ4v) is 2.88. The third kappa shape index (κ3) is 2.31. The standard InChI is InChI=1S/C14H17F3N2/c15-14(16,17)12-3-2-10-4-6-18-7-5-11(10)13(12)19-8-1-9-19/h2-3,18H,1,4-9H2. The van der Waals surface area contributed by atoms with Crippen LogP contribution >= 0.6 is 0 Å². The number of hydrogen-bond acceptors (Lipinski definition) is 2. The number of nitrogens with one attached hydrogen (secondary N) is 1. The monoisotopic (exact) mass is 270 g/mol. The van der Waals surface area contributed by atoms with Crippen molar-refractivity contribution in [3.05, 3.63) is 28.8 Å². The molecule has 0 spiro atoms. The van der Waals surface area contributed by atoms with Crippen molar-refractivity contribution < 1.29 is 13.2 Å². The van der Waals surface area contributed by atoms with E-state index in [1.54, 1.807) is 6.07 Å². The number of halogens is 3. The lowest BCUT2D eigenvalue weighted by Crippen LogP contribution is -2.39. The first-order valence-electron chi connectivity index (χ1n) is 6.75.